The molecule has 0 fully saturated rings. The third-order valence-corrected chi connectivity index (χ3v) is 6.17. The van der Waals surface area contributed by atoms with Gasteiger partial charge in [0.05, 0.1) is 0 Å². The summed E-state index contributed by atoms with van der Waals surface area (Å²) in [6, 6.07) is 12.3. The third-order valence-electron chi connectivity index (χ3n) is 6.17. The van der Waals surface area contributed by atoms with Crippen molar-refractivity contribution >= 4 is 11.1 Å². The van der Waals surface area contributed by atoms with E-state index in [9.17, 15) is 13.2 Å². The molecular weight excluding hydrogens is 381 g/mol. The summed E-state index contributed by atoms with van der Waals surface area (Å²) in [6.07, 6.45) is 7.01. The van der Waals surface area contributed by atoms with Gasteiger partial charge in [0.25, 0.3) is 0 Å². The fourth-order valence-electron chi connectivity index (χ4n) is 4.17. The van der Waals surface area contributed by atoms with Gasteiger partial charge in [-0.2, -0.15) is 0 Å². The zero-order valence-corrected chi connectivity index (χ0v) is 17.0. The summed E-state index contributed by atoms with van der Waals surface area (Å²) in [5.41, 5.74) is 4.62. The van der Waals surface area contributed by atoms with Crippen molar-refractivity contribution in [3.05, 3.63) is 95.9 Å². The van der Waals surface area contributed by atoms with Gasteiger partial charge in [-0.05, 0) is 71.6 Å². The second-order valence-corrected chi connectivity index (χ2v) is 8.11. The largest absolute Gasteiger partial charge is 0.239 e. The van der Waals surface area contributed by atoms with Crippen LogP contribution in [0.3, 0.4) is 0 Å². The minimum atomic E-state index is -1.68. The Hall–Kier alpha value is -2.81. The molecule has 4 rings (SSSR count). The molecule has 2 aromatic rings. The molecule has 0 N–H and O–H groups in total. The molecule has 0 spiro atoms. The molecule has 2 aromatic carbocycles. The fourth-order valence-corrected chi connectivity index (χ4v) is 4.17. The number of allylic oxidation sites excluding steroid dienone is 7. The lowest BCUT2D eigenvalue weighted by molar-refractivity contribution is 0.242. The van der Waals surface area contributed by atoms with Crippen LogP contribution in [0.25, 0.3) is 22.3 Å². The zero-order valence-electron chi connectivity index (χ0n) is 17.0. The van der Waals surface area contributed by atoms with Crippen molar-refractivity contribution in [2.24, 2.45) is 5.92 Å². The molecule has 0 saturated heterocycles. The number of alkyl halides is 2. The van der Waals surface area contributed by atoms with Crippen molar-refractivity contribution in [3.63, 3.8) is 0 Å². The Balaban J connectivity index is 1.57. The van der Waals surface area contributed by atoms with E-state index in [4.69, 9.17) is 0 Å². The molecule has 0 bridgehead atoms. The van der Waals surface area contributed by atoms with Crippen LogP contribution in [0.4, 0.5) is 13.2 Å². The first-order valence-corrected chi connectivity index (χ1v) is 10.4. The molecule has 30 heavy (non-hydrogen) atoms. The minimum absolute atomic E-state index is 0.283. The van der Waals surface area contributed by atoms with Crippen LogP contribution in [0.1, 0.15) is 37.3 Å². The van der Waals surface area contributed by atoms with Crippen molar-refractivity contribution in [3.8, 4) is 11.1 Å². The number of benzene rings is 2. The van der Waals surface area contributed by atoms with E-state index in [0.717, 1.165) is 24.8 Å². The van der Waals surface area contributed by atoms with Crippen molar-refractivity contribution in [2.45, 2.75) is 38.5 Å². The highest BCUT2D eigenvalue weighted by Gasteiger charge is 2.29. The van der Waals surface area contributed by atoms with Crippen molar-refractivity contribution < 1.29 is 13.2 Å². The SMILES string of the molecule is C=CC1CC=C(c2ccc(-c3ccc(C4=CC=C(C)C(F)C4F)cc3)c(F)c2)CC1. The predicted molar refractivity (Wildman–Crippen MR) is 119 cm³/mol. The molecule has 154 valence electrons. The molecule has 3 heteroatoms. The normalized spacial score (nSPS) is 24.0. The lowest BCUT2D eigenvalue weighted by Gasteiger charge is -2.21. The fraction of sp³-hybridized carbons (Fsp3) is 0.259. The molecule has 0 aromatic heterocycles. The van der Waals surface area contributed by atoms with E-state index in [-0.39, 0.29) is 5.82 Å². The van der Waals surface area contributed by atoms with Gasteiger partial charge >= 0.3 is 0 Å². The zero-order chi connectivity index (χ0) is 21.3. The van der Waals surface area contributed by atoms with Crippen LogP contribution in [0.15, 0.2) is 78.9 Å². The molecule has 2 aliphatic carbocycles. The lowest BCUT2D eigenvalue weighted by Crippen LogP contribution is -2.22. The molecule has 0 aliphatic heterocycles. The van der Waals surface area contributed by atoms with Crippen molar-refractivity contribution in [1.29, 1.82) is 0 Å². The van der Waals surface area contributed by atoms with Gasteiger partial charge in [-0.3, -0.25) is 0 Å². The average Bonchev–Trinajstić information content (AvgIpc) is 2.78. The first-order valence-electron chi connectivity index (χ1n) is 10.4. The number of rotatable bonds is 4. The van der Waals surface area contributed by atoms with E-state index in [1.807, 2.05) is 12.1 Å². The summed E-state index contributed by atoms with van der Waals surface area (Å²) in [7, 11) is 0. The molecular formula is C27H25F3. The number of hydrogen-bond donors (Lipinski definition) is 0. The second kappa shape index (κ2) is 8.51. The van der Waals surface area contributed by atoms with E-state index < -0.39 is 12.3 Å². The Morgan fingerprint density at radius 3 is 2.27 bits per heavy atom. The van der Waals surface area contributed by atoms with Gasteiger partial charge in [-0.1, -0.05) is 60.7 Å². The third kappa shape index (κ3) is 3.94. The van der Waals surface area contributed by atoms with Crippen molar-refractivity contribution in [1.82, 2.24) is 0 Å². The smallest absolute Gasteiger partial charge is 0.161 e. The van der Waals surface area contributed by atoms with E-state index in [1.54, 1.807) is 55.5 Å². The lowest BCUT2D eigenvalue weighted by atomic mass is 9.86. The first-order chi connectivity index (χ1) is 14.5. The van der Waals surface area contributed by atoms with E-state index in [0.29, 0.717) is 33.8 Å². The van der Waals surface area contributed by atoms with Crippen LogP contribution in [-0.2, 0) is 0 Å². The van der Waals surface area contributed by atoms with Gasteiger partial charge in [0, 0.05) is 5.56 Å². The Bertz CT molecular complexity index is 1040. The van der Waals surface area contributed by atoms with Gasteiger partial charge in [-0.25, -0.2) is 13.2 Å². The second-order valence-electron chi connectivity index (χ2n) is 8.11. The van der Waals surface area contributed by atoms with Gasteiger partial charge in [0.15, 0.2) is 12.3 Å². The van der Waals surface area contributed by atoms with Crippen molar-refractivity contribution in [2.75, 3.05) is 0 Å². The molecule has 0 radical (unpaired) electrons. The maximum absolute atomic E-state index is 14.9. The summed E-state index contributed by atoms with van der Waals surface area (Å²) in [6.45, 7) is 5.44. The molecule has 3 unspecified atom stereocenters. The average molecular weight is 406 g/mol. The Kier molecular flexibility index (Phi) is 5.80. The predicted octanol–water partition coefficient (Wildman–Crippen LogP) is 7.88. The maximum atomic E-state index is 14.9. The highest BCUT2D eigenvalue weighted by molar-refractivity contribution is 5.76. The van der Waals surface area contributed by atoms with E-state index in [2.05, 4.69) is 12.7 Å². The van der Waals surface area contributed by atoms with Gasteiger partial charge in [-0.15, -0.1) is 6.58 Å². The standard InChI is InChI=1S/C27H25F3/c1-3-18-5-7-19(8-6-18)22-13-15-23(25(28)16-22)20-9-11-21(12-10-20)24-14-4-17(2)26(29)27(24)30/h3-4,7,9-16,18,26-27H,1,5-6,8H2,2H3. The van der Waals surface area contributed by atoms with Crippen LogP contribution in [0.2, 0.25) is 0 Å². The summed E-state index contributed by atoms with van der Waals surface area (Å²) in [5.74, 6) is 0.223. The van der Waals surface area contributed by atoms with Crippen LogP contribution in [0.5, 0.6) is 0 Å². The quantitative estimate of drug-likeness (QED) is 0.453. The van der Waals surface area contributed by atoms with Gasteiger partial charge in [0.1, 0.15) is 5.82 Å². The van der Waals surface area contributed by atoms with Crippen LogP contribution >= 0.6 is 0 Å². The Labute approximate surface area is 176 Å². The van der Waals surface area contributed by atoms with Crippen LogP contribution in [0, 0.1) is 11.7 Å². The molecule has 3 atom stereocenters. The Morgan fingerprint density at radius 2 is 1.63 bits per heavy atom. The summed E-state index contributed by atoms with van der Waals surface area (Å²) in [4.78, 5) is 0. The summed E-state index contributed by atoms with van der Waals surface area (Å²) >= 11 is 0. The molecule has 2 aliphatic rings. The van der Waals surface area contributed by atoms with Gasteiger partial charge < -0.3 is 0 Å². The highest BCUT2D eigenvalue weighted by Crippen LogP contribution is 2.35. The van der Waals surface area contributed by atoms with E-state index in [1.165, 1.54) is 5.57 Å². The van der Waals surface area contributed by atoms with Crippen LogP contribution < -0.4 is 0 Å². The maximum Gasteiger partial charge on any atom is 0.161 e. The monoisotopic (exact) mass is 406 g/mol. The number of hydrogen-bond acceptors (Lipinski definition) is 0. The minimum Gasteiger partial charge on any atom is -0.239 e. The van der Waals surface area contributed by atoms with Crippen LogP contribution in [-0.4, -0.2) is 12.3 Å². The molecule has 0 nitrogen and oxygen atoms in total. The topological polar surface area (TPSA) is 0 Å². The number of halogens is 3. The van der Waals surface area contributed by atoms with Gasteiger partial charge in [0.2, 0.25) is 0 Å². The van der Waals surface area contributed by atoms with E-state index >= 15 is 0 Å². The first kappa shape index (κ1) is 20.5. The highest BCUT2D eigenvalue weighted by atomic mass is 19.2. The molecule has 0 amide bonds. The molecule has 0 saturated carbocycles. The molecule has 0 heterocycles. The summed E-state index contributed by atoms with van der Waals surface area (Å²) in [5, 5.41) is 0. The summed E-state index contributed by atoms with van der Waals surface area (Å²) < 4.78 is 43.2. The Morgan fingerprint density at radius 1 is 0.933 bits per heavy atom.